The van der Waals surface area contributed by atoms with Crippen LogP contribution in [0.2, 0.25) is 0 Å². The van der Waals surface area contributed by atoms with E-state index < -0.39 is 34.6 Å². The average Bonchev–Trinajstić information content (AvgIpc) is 2.67. The molecule has 0 saturated heterocycles. The normalized spacial score (nSPS) is 11.9. The molecule has 28 heavy (non-hydrogen) atoms. The van der Waals surface area contributed by atoms with E-state index >= 15 is 0 Å². The van der Waals surface area contributed by atoms with Crippen LogP contribution in [0.15, 0.2) is 66.4 Å². The molecule has 148 valence electrons. The number of ketones is 1. The number of aryl methyl sites for hydroxylation is 1. The molecule has 0 saturated carbocycles. The van der Waals surface area contributed by atoms with Crippen LogP contribution in [0.4, 0.5) is 13.2 Å². The second-order valence-corrected chi connectivity index (χ2v) is 6.13. The van der Waals surface area contributed by atoms with Gasteiger partial charge < -0.3 is 10.4 Å². The Bertz CT molecular complexity index is 845. The van der Waals surface area contributed by atoms with Crippen LogP contribution in [0.5, 0.6) is 0 Å². The molecule has 0 aliphatic carbocycles. The maximum atomic E-state index is 13.1. The summed E-state index contributed by atoms with van der Waals surface area (Å²) in [5.74, 6) is -2.77. The standard InChI is InChI=1S/C21H20F3NO3/c22-21(23,24)18-12-5-4-11-16(18)19(26)17(20(27)28)14-25-13-7-6-10-15-8-2-1-3-9-15/h1-5,8-9,11-12,14,25H,6-7,10,13H2,(H,27,28). The molecule has 2 aromatic carbocycles. The van der Waals surface area contributed by atoms with Gasteiger partial charge in [0.25, 0.3) is 0 Å². The summed E-state index contributed by atoms with van der Waals surface area (Å²) in [5.41, 5.74) is -1.40. The Morgan fingerprint density at radius 2 is 1.61 bits per heavy atom. The van der Waals surface area contributed by atoms with Gasteiger partial charge in [-0.2, -0.15) is 13.2 Å². The number of rotatable bonds is 9. The quantitative estimate of drug-likeness (QED) is 0.218. The molecule has 0 fully saturated rings. The summed E-state index contributed by atoms with van der Waals surface area (Å²) in [5, 5.41) is 12.0. The number of nitrogens with one attached hydrogen (secondary N) is 1. The maximum absolute atomic E-state index is 13.1. The highest BCUT2D eigenvalue weighted by Gasteiger charge is 2.36. The van der Waals surface area contributed by atoms with Crippen molar-refractivity contribution in [2.24, 2.45) is 0 Å². The predicted molar refractivity (Wildman–Crippen MR) is 98.9 cm³/mol. The number of carboxylic acids is 1. The lowest BCUT2D eigenvalue weighted by Gasteiger charge is -2.12. The highest BCUT2D eigenvalue weighted by Crippen LogP contribution is 2.32. The fourth-order valence-corrected chi connectivity index (χ4v) is 2.67. The van der Waals surface area contributed by atoms with Gasteiger partial charge in [0.05, 0.1) is 5.56 Å². The first kappa shape index (κ1) is 21.2. The van der Waals surface area contributed by atoms with E-state index in [1.54, 1.807) is 0 Å². The number of alkyl halides is 3. The fourth-order valence-electron chi connectivity index (χ4n) is 2.67. The minimum absolute atomic E-state index is 0.401. The Kier molecular flexibility index (Phi) is 7.37. The van der Waals surface area contributed by atoms with Crippen molar-refractivity contribution in [2.75, 3.05) is 6.54 Å². The van der Waals surface area contributed by atoms with Crippen molar-refractivity contribution >= 4 is 11.8 Å². The van der Waals surface area contributed by atoms with Crippen LogP contribution in [0.3, 0.4) is 0 Å². The van der Waals surface area contributed by atoms with Crippen molar-refractivity contribution in [1.29, 1.82) is 0 Å². The highest BCUT2D eigenvalue weighted by atomic mass is 19.4. The number of hydrogen-bond donors (Lipinski definition) is 2. The van der Waals surface area contributed by atoms with E-state index in [0.717, 1.165) is 37.2 Å². The topological polar surface area (TPSA) is 66.4 Å². The molecule has 0 spiro atoms. The van der Waals surface area contributed by atoms with Gasteiger partial charge in [0.15, 0.2) is 0 Å². The van der Waals surface area contributed by atoms with E-state index in [0.29, 0.717) is 13.0 Å². The van der Waals surface area contributed by atoms with Gasteiger partial charge in [-0.3, -0.25) is 4.79 Å². The summed E-state index contributed by atoms with van der Waals surface area (Å²) in [6, 6.07) is 14.0. The number of carboxylic acid groups (broad SMARTS) is 1. The molecule has 4 nitrogen and oxygen atoms in total. The Morgan fingerprint density at radius 3 is 2.25 bits per heavy atom. The van der Waals surface area contributed by atoms with Crippen LogP contribution in [0.25, 0.3) is 0 Å². The summed E-state index contributed by atoms with van der Waals surface area (Å²) < 4.78 is 39.2. The van der Waals surface area contributed by atoms with Gasteiger partial charge in [-0.1, -0.05) is 48.5 Å². The van der Waals surface area contributed by atoms with Gasteiger partial charge in [0, 0.05) is 18.3 Å². The zero-order valence-electron chi connectivity index (χ0n) is 15.0. The average molecular weight is 391 g/mol. The first-order valence-electron chi connectivity index (χ1n) is 8.72. The number of carbonyl (C=O) groups excluding carboxylic acids is 1. The van der Waals surface area contributed by atoms with Crippen LogP contribution in [0.1, 0.15) is 34.3 Å². The minimum Gasteiger partial charge on any atom is -0.477 e. The van der Waals surface area contributed by atoms with E-state index in [1.165, 1.54) is 11.6 Å². The number of aliphatic carboxylic acids is 1. The number of hydrogen-bond acceptors (Lipinski definition) is 3. The molecular weight excluding hydrogens is 371 g/mol. The predicted octanol–water partition coefficient (Wildman–Crippen LogP) is 4.47. The van der Waals surface area contributed by atoms with Gasteiger partial charge in [-0.25, -0.2) is 4.79 Å². The third-order valence-electron chi connectivity index (χ3n) is 4.08. The summed E-state index contributed by atoms with van der Waals surface area (Å²) in [7, 11) is 0. The molecule has 0 unspecified atom stereocenters. The maximum Gasteiger partial charge on any atom is 0.417 e. The molecule has 0 atom stereocenters. The zero-order chi connectivity index (χ0) is 20.6. The Labute approximate surface area is 160 Å². The molecule has 0 bridgehead atoms. The molecular formula is C21H20F3NO3. The second-order valence-electron chi connectivity index (χ2n) is 6.13. The molecule has 7 heteroatoms. The Morgan fingerprint density at radius 1 is 0.964 bits per heavy atom. The molecule has 0 aliphatic heterocycles. The van der Waals surface area contributed by atoms with Crippen LogP contribution in [0, 0.1) is 0 Å². The minimum atomic E-state index is -4.75. The fraction of sp³-hybridized carbons (Fsp3) is 0.238. The lowest BCUT2D eigenvalue weighted by molar-refractivity contribution is -0.138. The smallest absolute Gasteiger partial charge is 0.417 e. The van der Waals surface area contributed by atoms with Gasteiger partial charge in [0.2, 0.25) is 5.78 Å². The van der Waals surface area contributed by atoms with Gasteiger partial charge >= 0.3 is 12.1 Å². The lowest BCUT2D eigenvalue weighted by atomic mass is 9.98. The monoisotopic (exact) mass is 391 g/mol. The van der Waals surface area contributed by atoms with E-state index in [4.69, 9.17) is 0 Å². The van der Waals surface area contributed by atoms with Crippen molar-refractivity contribution in [1.82, 2.24) is 5.32 Å². The second kappa shape index (κ2) is 9.73. The van der Waals surface area contributed by atoms with Crippen LogP contribution in [-0.4, -0.2) is 23.4 Å². The number of unbranched alkanes of at least 4 members (excludes halogenated alkanes) is 1. The summed E-state index contributed by atoms with van der Waals surface area (Å²) in [4.78, 5) is 23.7. The van der Waals surface area contributed by atoms with Gasteiger partial charge in [0.1, 0.15) is 5.57 Å². The van der Waals surface area contributed by atoms with Crippen molar-refractivity contribution in [3.05, 3.63) is 83.1 Å². The summed E-state index contributed by atoms with van der Waals surface area (Å²) in [6.07, 6.45) is -1.36. The molecule has 2 rings (SSSR count). The Balaban J connectivity index is 1.99. The van der Waals surface area contributed by atoms with E-state index in [1.807, 2.05) is 30.3 Å². The molecule has 0 heterocycles. The van der Waals surface area contributed by atoms with Crippen LogP contribution >= 0.6 is 0 Å². The Hall–Kier alpha value is -3.09. The molecule has 0 aliphatic rings. The molecule has 2 N–H and O–H groups in total. The largest absolute Gasteiger partial charge is 0.477 e. The highest BCUT2D eigenvalue weighted by molar-refractivity contribution is 6.24. The van der Waals surface area contributed by atoms with Gasteiger partial charge in [-0.15, -0.1) is 0 Å². The third kappa shape index (κ3) is 5.97. The zero-order valence-corrected chi connectivity index (χ0v) is 15.0. The molecule has 0 amide bonds. The van der Waals surface area contributed by atoms with Gasteiger partial charge in [-0.05, 0) is 30.9 Å². The number of halogens is 3. The molecule has 0 radical (unpaired) electrons. The van der Waals surface area contributed by atoms with E-state index in [-0.39, 0.29) is 0 Å². The SMILES string of the molecule is O=C(O)C(=CNCCCCc1ccccc1)C(=O)c1ccccc1C(F)(F)F. The summed E-state index contributed by atoms with van der Waals surface area (Å²) in [6.45, 7) is 0.401. The molecule has 2 aromatic rings. The number of Topliss-reactive ketones (excluding diaryl/α,β-unsaturated/α-hetero) is 1. The molecule has 0 aromatic heterocycles. The van der Waals surface area contributed by atoms with E-state index in [9.17, 15) is 27.9 Å². The number of carbonyl (C=O) groups is 2. The number of benzene rings is 2. The van der Waals surface area contributed by atoms with E-state index in [2.05, 4.69) is 5.32 Å². The first-order chi connectivity index (χ1) is 13.3. The van der Waals surface area contributed by atoms with Crippen molar-refractivity contribution in [2.45, 2.75) is 25.4 Å². The first-order valence-corrected chi connectivity index (χ1v) is 8.72. The van der Waals surface area contributed by atoms with Crippen LogP contribution in [-0.2, 0) is 17.4 Å². The van der Waals surface area contributed by atoms with Crippen molar-refractivity contribution in [3.63, 3.8) is 0 Å². The van der Waals surface area contributed by atoms with Crippen LogP contribution < -0.4 is 5.32 Å². The summed E-state index contributed by atoms with van der Waals surface area (Å²) >= 11 is 0. The third-order valence-corrected chi connectivity index (χ3v) is 4.08. The van der Waals surface area contributed by atoms with Crippen molar-refractivity contribution in [3.8, 4) is 0 Å². The van der Waals surface area contributed by atoms with Crippen molar-refractivity contribution < 1.29 is 27.9 Å². The lowest BCUT2D eigenvalue weighted by Crippen LogP contribution is -2.21.